The third-order valence-corrected chi connectivity index (χ3v) is 3.99. The van der Waals surface area contributed by atoms with Gasteiger partial charge in [-0.3, -0.25) is 0 Å². The first-order chi connectivity index (χ1) is 10.2. The van der Waals surface area contributed by atoms with E-state index in [4.69, 9.17) is 27.9 Å². The highest BCUT2D eigenvalue weighted by Gasteiger charge is 2.16. The summed E-state index contributed by atoms with van der Waals surface area (Å²) in [7, 11) is 0. The predicted octanol–water partition coefficient (Wildman–Crippen LogP) is 5.11. The van der Waals surface area contributed by atoms with Crippen molar-refractivity contribution in [2.45, 2.75) is 19.4 Å². The fourth-order valence-electron chi connectivity index (χ4n) is 2.06. The number of nitrogens with one attached hydrogen (secondary N) is 1. The molecule has 2 nitrogen and oxygen atoms in total. The van der Waals surface area contributed by atoms with Crippen LogP contribution in [0.15, 0.2) is 48.5 Å². The molecule has 0 aliphatic heterocycles. The Labute approximate surface area is 136 Å². The van der Waals surface area contributed by atoms with Crippen LogP contribution in [0.5, 0.6) is 5.75 Å². The maximum atomic E-state index is 6.32. The fourth-order valence-corrected chi connectivity index (χ4v) is 2.50. The van der Waals surface area contributed by atoms with Crippen LogP contribution in [0.25, 0.3) is 0 Å². The number of hydrogen-bond donors (Lipinski definition) is 1. The van der Waals surface area contributed by atoms with Gasteiger partial charge in [-0.1, -0.05) is 60.5 Å². The van der Waals surface area contributed by atoms with Gasteiger partial charge in [-0.2, -0.15) is 0 Å². The molecule has 1 atom stereocenters. The summed E-state index contributed by atoms with van der Waals surface area (Å²) >= 11 is 12.4. The Morgan fingerprint density at radius 1 is 1.05 bits per heavy atom. The summed E-state index contributed by atoms with van der Waals surface area (Å²) < 4.78 is 5.85. The van der Waals surface area contributed by atoms with Crippen LogP contribution < -0.4 is 10.1 Å². The molecule has 4 heteroatoms. The van der Waals surface area contributed by atoms with Gasteiger partial charge in [-0.15, -0.1) is 0 Å². The van der Waals surface area contributed by atoms with E-state index < -0.39 is 0 Å². The quantitative estimate of drug-likeness (QED) is 0.764. The summed E-state index contributed by atoms with van der Waals surface area (Å²) in [6.45, 7) is 3.53. The van der Waals surface area contributed by atoms with Crippen LogP contribution in [-0.2, 0) is 0 Å². The second-order valence-corrected chi connectivity index (χ2v) is 5.56. The molecule has 0 aromatic heterocycles. The van der Waals surface area contributed by atoms with Crippen LogP contribution in [0.2, 0.25) is 10.0 Å². The van der Waals surface area contributed by atoms with E-state index in [0.717, 1.165) is 24.3 Å². The number of rotatable bonds is 7. The average Bonchev–Trinajstić information content (AvgIpc) is 2.52. The standard InChI is InChI=1S/C17H19Cl2NO/c1-2-11-20-16(12-21-13-7-4-3-5-8-13)14-9-6-10-15(18)17(14)19/h3-10,16,20H,2,11-12H2,1H3. The molecule has 112 valence electrons. The van der Waals surface area contributed by atoms with Gasteiger partial charge in [-0.25, -0.2) is 0 Å². The highest BCUT2D eigenvalue weighted by Crippen LogP contribution is 2.30. The SMILES string of the molecule is CCCNC(COc1ccccc1)c1cccc(Cl)c1Cl. The minimum atomic E-state index is 0.0105. The molecule has 0 fully saturated rings. The number of halogens is 2. The lowest BCUT2D eigenvalue weighted by Crippen LogP contribution is -2.27. The van der Waals surface area contributed by atoms with Crippen LogP contribution in [0.4, 0.5) is 0 Å². The van der Waals surface area contributed by atoms with E-state index in [1.54, 1.807) is 6.07 Å². The molecule has 2 aromatic carbocycles. The zero-order valence-corrected chi connectivity index (χ0v) is 13.5. The van der Waals surface area contributed by atoms with Crippen LogP contribution in [0.3, 0.4) is 0 Å². The van der Waals surface area contributed by atoms with E-state index in [0.29, 0.717) is 16.7 Å². The van der Waals surface area contributed by atoms with Crippen molar-refractivity contribution in [1.82, 2.24) is 5.32 Å². The van der Waals surface area contributed by atoms with Gasteiger partial charge in [0.15, 0.2) is 0 Å². The molecule has 0 bridgehead atoms. The number of hydrogen-bond acceptors (Lipinski definition) is 2. The Kier molecular flexibility index (Phi) is 6.37. The van der Waals surface area contributed by atoms with Gasteiger partial charge >= 0.3 is 0 Å². The Balaban J connectivity index is 2.12. The van der Waals surface area contributed by atoms with Gasteiger partial charge in [0.05, 0.1) is 16.1 Å². The van der Waals surface area contributed by atoms with Gasteiger partial charge in [0, 0.05) is 0 Å². The molecule has 0 saturated heterocycles. The minimum absolute atomic E-state index is 0.0105. The number of benzene rings is 2. The summed E-state index contributed by atoms with van der Waals surface area (Å²) in [4.78, 5) is 0. The molecule has 0 saturated carbocycles. The maximum absolute atomic E-state index is 6.32. The van der Waals surface area contributed by atoms with E-state index in [1.807, 2.05) is 42.5 Å². The molecule has 2 aromatic rings. The molecule has 0 radical (unpaired) electrons. The highest BCUT2D eigenvalue weighted by atomic mass is 35.5. The van der Waals surface area contributed by atoms with Gasteiger partial charge < -0.3 is 10.1 Å². The molecule has 2 rings (SSSR count). The molecule has 0 spiro atoms. The third-order valence-electron chi connectivity index (χ3n) is 3.16. The first kappa shape index (κ1) is 16.2. The van der Waals surface area contributed by atoms with Crippen molar-refractivity contribution in [1.29, 1.82) is 0 Å². The Morgan fingerprint density at radius 2 is 1.81 bits per heavy atom. The third kappa shape index (κ3) is 4.63. The lowest BCUT2D eigenvalue weighted by Gasteiger charge is -2.21. The van der Waals surface area contributed by atoms with Crippen molar-refractivity contribution in [2.24, 2.45) is 0 Å². The van der Waals surface area contributed by atoms with Crippen molar-refractivity contribution in [3.05, 3.63) is 64.1 Å². The fraction of sp³-hybridized carbons (Fsp3) is 0.294. The molecular formula is C17H19Cl2NO. The van der Waals surface area contributed by atoms with E-state index in [-0.39, 0.29) is 6.04 Å². The molecule has 1 N–H and O–H groups in total. The Bertz CT molecular complexity index is 560. The van der Waals surface area contributed by atoms with Gasteiger partial charge in [0.25, 0.3) is 0 Å². The lowest BCUT2D eigenvalue weighted by molar-refractivity contribution is 0.266. The molecule has 0 heterocycles. The van der Waals surface area contributed by atoms with Crippen molar-refractivity contribution in [2.75, 3.05) is 13.2 Å². The number of ether oxygens (including phenoxy) is 1. The first-order valence-electron chi connectivity index (χ1n) is 7.07. The van der Waals surface area contributed by atoms with Gasteiger partial charge in [0.1, 0.15) is 12.4 Å². The molecule has 0 aliphatic rings. The predicted molar refractivity (Wildman–Crippen MR) is 89.4 cm³/mol. The van der Waals surface area contributed by atoms with E-state index in [2.05, 4.69) is 12.2 Å². The maximum Gasteiger partial charge on any atom is 0.119 e. The second kappa shape index (κ2) is 8.28. The monoisotopic (exact) mass is 323 g/mol. The summed E-state index contributed by atoms with van der Waals surface area (Å²) in [5.41, 5.74) is 0.966. The topological polar surface area (TPSA) is 21.3 Å². The smallest absolute Gasteiger partial charge is 0.119 e. The molecule has 0 aliphatic carbocycles. The normalized spacial score (nSPS) is 12.1. The summed E-state index contributed by atoms with van der Waals surface area (Å²) in [5.74, 6) is 0.846. The van der Waals surface area contributed by atoms with Crippen LogP contribution in [0, 0.1) is 0 Å². The lowest BCUT2D eigenvalue weighted by atomic mass is 10.1. The van der Waals surface area contributed by atoms with Crippen molar-refractivity contribution in [3.63, 3.8) is 0 Å². The van der Waals surface area contributed by atoms with Crippen LogP contribution in [-0.4, -0.2) is 13.2 Å². The minimum Gasteiger partial charge on any atom is -0.492 e. The van der Waals surface area contributed by atoms with E-state index in [9.17, 15) is 0 Å². The van der Waals surface area contributed by atoms with Crippen LogP contribution >= 0.6 is 23.2 Å². The van der Waals surface area contributed by atoms with Crippen molar-refractivity contribution >= 4 is 23.2 Å². The summed E-state index contributed by atoms with van der Waals surface area (Å²) in [6.07, 6.45) is 1.04. The first-order valence-corrected chi connectivity index (χ1v) is 7.83. The summed E-state index contributed by atoms with van der Waals surface area (Å²) in [5, 5.41) is 4.61. The Hall–Kier alpha value is -1.22. The Morgan fingerprint density at radius 3 is 2.52 bits per heavy atom. The van der Waals surface area contributed by atoms with Crippen molar-refractivity contribution < 1.29 is 4.74 Å². The number of para-hydroxylation sites is 1. The largest absolute Gasteiger partial charge is 0.492 e. The zero-order valence-electron chi connectivity index (χ0n) is 12.0. The molecule has 0 amide bonds. The van der Waals surface area contributed by atoms with E-state index in [1.165, 1.54) is 0 Å². The highest BCUT2D eigenvalue weighted by molar-refractivity contribution is 6.42. The second-order valence-electron chi connectivity index (χ2n) is 4.77. The molecule has 21 heavy (non-hydrogen) atoms. The average molecular weight is 324 g/mol. The van der Waals surface area contributed by atoms with E-state index >= 15 is 0 Å². The summed E-state index contributed by atoms with van der Waals surface area (Å²) in [6, 6.07) is 15.5. The van der Waals surface area contributed by atoms with Crippen molar-refractivity contribution in [3.8, 4) is 5.75 Å². The zero-order chi connectivity index (χ0) is 15.1. The van der Waals surface area contributed by atoms with Crippen LogP contribution in [0.1, 0.15) is 24.9 Å². The molecular weight excluding hydrogens is 305 g/mol. The van der Waals surface area contributed by atoms with Gasteiger partial charge in [0.2, 0.25) is 0 Å². The van der Waals surface area contributed by atoms with Gasteiger partial charge in [-0.05, 0) is 36.7 Å². The molecule has 1 unspecified atom stereocenters.